The number of benzene rings is 1. The van der Waals surface area contributed by atoms with Crippen LogP contribution >= 0.6 is 36.2 Å². The molecule has 0 saturated heterocycles. The van der Waals surface area contributed by atoms with Crippen molar-refractivity contribution in [2.24, 2.45) is 0 Å². The van der Waals surface area contributed by atoms with E-state index in [4.69, 9.17) is 4.74 Å². The van der Waals surface area contributed by atoms with Crippen LogP contribution in [0.2, 0.25) is 0 Å². The summed E-state index contributed by atoms with van der Waals surface area (Å²) in [5, 5.41) is 5.45. The first-order valence-electron chi connectivity index (χ1n) is 6.21. The zero-order valence-electron chi connectivity index (χ0n) is 11.2. The molecule has 0 radical (unpaired) electrons. The van der Waals surface area contributed by atoms with Crippen molar-refractivity contribution in [3.63, 3.8) is 0 Å². The number of fused-ring (bicyclic) bond motifs is 1. The molecule has 0 spiro atoms. The van der Waals surface area contributed by atoms with Gasteiger partial charge < -0.3 is 15.0 Å². The first-order valence-corrected chi connectivity index (χ1v) is 7.09. The minimum absolute atomic E-state index is 0. The molecule has 0 aliphatic heterocycles. The van der Waals surface area contributed by atoms with Crippen LogP contribution in [-0.4, -0.2) is 23.1 Å². The van der Waals surface area contributed by atoms with E-state index in [1.807, 2.05) is 18.2 Å². The lowest BCUT2D eigenvalue weighted by atomic mass is 10.3. The maximum atomic E-state index is 5.76. The van der Waals surface area contributed by atoms with E-state index in [0.29, 0.717) is 6.61 Å². The molecule has 2 aromatic heterocycles. The molecular weight excluding hydrogens is 329 g/mol. The van der Waals surface area contributed by atoms with Crippen molar-refractivity contribution in [3.05, 3.63) is 46.9 Å². The Morgan fingerprint density at radius 3 is 2.90 bits per heavy atom. The summed E-state index contributed by atoms with van der Waals surface area (Å²) < 4.78 is 5.76. The Labute approximate surface area is 139 Å². The first-order chi connectivity index (χ1) is 9.43. The molecule has 0 aliphatic rings. The Morgan fingerprint density at radius 1 is 1.19 bits per heavy atom. The molecule has 0 aliphatic carbocycles. The standard InChI is InChI=1S/C14H15N3OS.2ClH/c1-4-12-14(17-10-16-12)13(5-1)18-7-6-15-9-11-3-2-8-19-11;;/h1-5,8,10,15H,6-7,9H2,(H,16,17);2*1H. The normalized spacial score (nSPS) is 9.90. The molecule has 2 heterocycles. The Balaban J connectivity index is 0.00000110. The minimum atomic E-state index is 0. The second-order valence-corrected chi connectivity index (χ2v) is 5.19. The summed E-state index contributed by atoms with van der Waals surface area (Å²) in [5.41, 5.74) is 1.89. The van der Waals surface area contributed by atoms with Crippen molar-refractivity contribution in [3.8, 4) is 5.75 Å². The van der Waals surface area contributed by atoms with Crippen LogP contribution in [0.25, 0.3) is 11.0 Å². The van der Waals surface area contributed by atoms with Crippen molar-refractivity contribution >= 4 is 47.2 Å². The van der Waals surface area contributed by atoms with Gasteiger partial charge in [-0.15, -0.1) is 36.2 Å². The third-order valence-electron chi connectivity index (χ3n) is 2.83. The Bertz CT molecular complexity index is 643. The van der Waals surface area contributed by atoms with E-state index in [9.17, 15) is 0 Å². The summed E-state index contributed by atoms with van der Waals surface area (Å²) in [7, 11) is 0. The molecule has 114 valence electrons. The minimum Gasteiger partial charge on any atom is -0.490 e. The van der Waals surface area contributed by atoms with E-state index >= 15 is 0 Å². The van der Waals surface area contributed by atoms with Gasteiger partial charge in [0.25, 0.3) is 0 Å². The van der Waals surface area contributed by atoms with E-state index in [1.54, 1.807) is 17.7 Å². The number of para-hydroxylation sites is 1. The fraction of sp³-hybridized carbons (Fsp3) is 0.214. The van der Waals surface area contributed by atoms with Crippen LogP contribution in [0.4, 0.5) is 0 Å². The zero-order chi connectivity index (χ0) is 12.9. The number of imidazole rings is 1. The number of hydrogen-bond donors (Lipinski definition) is 2. The van der Waals surface area contributed by atoms with Crippen LogP contribution in [0.1, 0.15) is 4.88 Å². The van der Waals surface area contributed by atoms with Gasteiger partial charge in [0.05, 0.1) is 11.8 Å². The molecule has 7 heteroatoms. The number of halogens is 2. The third kappa shape index (κ3) is 4.61. The highest BCUT2D eigenvalue weighted by molar-refractivity contribution is 7.09. The number of aromatic nitrogens is 2. The summed E-state index contributed by atoms with van der Waals surface area (Å²) in [6, 6.07) is 10.1. The fourth-order valence-corrected chi connectivity index (χ4v) is 2.59. The number of rotatable bonds is 6. The predicted octanol–water partition coefficient (Wildman–Crippen LogP) is 3.64. The summed E-state index contributed by atoms with van der Waals surface area (Å²) in [5.74, 6) is 0.830. The highest BCUT2D eigenvalue weighted by Gasteiger charge is 2.03. The van der Waals surface area contributed by atoms with Gasteiger partial charge in [-0.05, 0) is 23.6 Å². The number of ether oxygens (including phenoxy) is 1. The van der Waals surface area contributed by atoms with Crippen LogP contribution in [-0.2, 0) is 6.54 Å². The van der Waals surface area contributed by atoms with Gasteiger partial charge in [-0.2, -0.15) is 0 Å². The zero-order valence-corrected chi connectivity index (χ0v) is 13.7. The van der Waals surface area contributed by atoms with Gasteiger partial charge in [-0.1, -0.05) is 12.1 Å². The predicted molar refractivity (Wildman–Crippen MR) is 92.1 cm³/mol. The number of nitrogens with one attached hydrogen (secondary N) is 2. The Kier molecular flexibility index (Phi) is 7.53. The van der Waals surface area contributed by atoms with Crippen molar-refractivity contribution in [1.29, 1.82) is 0 Å². The fourth-order valence-electron chi connectivity index (χ4n) is 1.91. The maximum absolute atomic E-state index is 5.76. The van der Waals surface area contributed by atoms with Crippen molar-refractivity contribution in [2.75, 3.05) is 13.2 Å². The van der Waals surface area contributed by atoms with Gasteiger partial charge in [0.2, 0.25) is 0 Å². The molecule has 3 aromatic rings. The average molecular weight is 346 g/mol. The maximum Gasteiger partial charge on any atom is 0.147 e. The topological polar surface area (TPSA) is 49.9 Å². The lowest BCUT2D eigenvalue weighted by Crippen LogP contribution is -2.20. The van der Waals surface area contributed by atoms with E-state index in [1.165, 1.54) is 4.88 Å². The van der Waals surface area contributed by atoms with Gasteiger partial charge in [0.15, 0.2) is 0 Å². The molecule has 0 amide bonds. The smallest absolute Gasteiger partial charge is 0.147 e. The van der Waals surface area contributed by atoms with E-state index in [0.717, 1.165) is 29.9 Å². The molecule has 4 nitrogen and oxygen atoms in total. The van der Waals surface area contributed by atoms with Gasteiger partial charge >= 0.3 is 0 Å². The molecule has 3 rings (SSSR count). The van der Waals surface area contributed by atoms with Gasteiger partial charge in [0.1, 0.15) is 17.9 Å². The molecule has 0 fully saturated rings. The molecule has 0 bridgehead atoms. The van der Waals surface area contributed by atoms with Crippen LogP contribution in [0, 0.1) is 0 Å². The summed E-state index contributed by atoms with van der Waals surface area (Å²) in [6.45, 7) is 2.35. The highest BCUT2D eigenvalue weighted by atomic mass is 35.5. The summed E-state index contributed by atoms with van der Waals surface area (Å²) in [6.07, 6.45) is 1.69. The molecule has 0 atom stereocenters. The van der Waals surface area contributed by atoms with Gasteiger partial charge in [0, 0.05) is 18.0 Å². The molecule has 0 saturated carbocycles. The van der Waals surface area contributed by atoms with Crippen molar-refractivity contribution < 1.29 is 4.74 Å². The van der Waals surface area contributed by atoms with Crippen LogP contribution in [0.15, 0.2) is 42.0 Å². The lowest BCUT2D eigenvalue weighted by Gasteiger charge is -2.07. The highest BCUT2D eigenvalue weighted by Crippen LogP contribution is 2.21. The third-order valence-corrected chi connectivity index (χ3v) is 3.70. The van der Waals surface area contributed by atoms with Crippen LogP contribution in [0.3, 0.4) is 0 Å². The summed E-state index contributed by atoms with van der Waals surface area (Å²) >= 11 is 1.76. The van der Waals surface area contributed by atoms with Crippen molar-refractivity contribution in [2.45, 2.75) is 6.54 Å². The van der Waals surface area contributed by atoms with E-state index in [2.05, 4.69) is 32.8 Å². The monoisotopic (exact) mass is 345 g/mol. The molecule has 21 heavy (non-hydrogen) atoms. The first kappa shape index (κ1) is 17.8. The Hall–Kier alpha value is -1.27. The summed E-state index contributed by atoms with van der Waals surface area (Å²) in [4.78, 5) is 8.68. The van der Waals surface area contributed by atoms with Gasteiger partial charge in [-0.3, -0.25) is 0 Å². The quantitative estimate of drug-likeness (QED) is 0.670. The van der Waals surface area contributed by atoms with Gasteiger partial charge in [-0.25, -0.2) is 4.98 Å². The van der Waals surface area contributed by atoms with Crippen LogP contribution in [0.5, 0.6) is 5.75 Å². The van der Waals surface area contributed by atoms with Crippen LogP contribution < -0.4 is 10.1 Å². The SMILES string of the molecule is Cl.Cl.c1csc(CNCCOc2cccc3[nH]cnc23)c1. The number of aromatic amines is 1. The Morgan fingerprint density at radius 2 is 2.10 bits per heavy atom. The number of nitrogens with zero attached hydrogens (tertiary/aromatic N) is 1. The second kappa shape index (κ2) is 8.89. The van der Waals surface area contributed by atoms with E-state index < -0.39 is 0 Å². The lowest BCUT2D eigenvalue weighted by molar-refractivity contribution is 0.317. The number of thiophene rings is 1. The average Bonchev–Trinajstić information content (AvgIpc) is 3.09. The molecule has 0 unspecified atom stereocenters. The molecule has 2 N–H and O–H groups in total. The second-order valence-electron chi connectivity index (χ2n) is 4.16. The van der Waals surface area contributed by atoms with E-state index in [-0.39, 0.29) is 24.8 Å². The largest absolute Gasteiger partial charge is 0.490 e. The number of hydrogen-bond acceptors (Lipinski definition) is 4. The molecule has 1 aromatic carbocycles. The number of H-pyrrole nitrogens is 1. The van der Waals surface area contributed by atoms with Crippen molar-refractivity contribution in [1.82, 2.24) is 15.3 Å². The molecular formula is C14H17Cl2N3OS.